The number of carbonyl (C=O) groups is 1. The highest BCUT2D eigenvalue weighted by atomic mass is 32.2. The second kappa shape index (κ2) is 9.87. The van der Waals surface area contributed by atoms with Crippen molar-refractivity contribution in [3.63, 3.8) is 0 Å². The van der Waals surface area contributed by atoms with Crippen LogP contribution in [0.2, 0.25) is 0 Å². The molecule has 0 spiro atoms. The van der Waals surface area contributed by atoms with Gasteiger partial charge >= 0.3 is 0 Å². The number of thioether (sulfide) groups is 1. The standard InChI is InChI=1S/C25H25N3O3S/c1-4-23-24(29)28(16-19-10-7-9-17-8-5-6-11-21(17)19)25(32-23)27-26-15-18-12-13-20(30-2)14-22(18)31-3/h5-15,23H,4,16H2,1-3H3/b26-15-,27-25+/t23-/m1/s1. The zero-order chi connectivity index (χ0) is 22.5. The number of nitrogens with zero attached hydrogens (tertiary/aromatic N) is 3. The number of fused-ring (bicyclic) bond motifs is 1. The molecule has 1 fully saturated rings. The fourth-order valence-electron chi connectivity index (χ4n) is 3.66. The van der Waals surface area contributed by atoms with Gasteiger partial charge in [0.15, 0.2) is 5.17 Å². The Morgan fingerprint density at radius 1 is 1.06 bits per heavy atom. The molecule has 0 aliphatic carbocycles. The lowest BCUT2D eigenvalue weighted by Gasteiger charge is -2.17. The number of amides is 1. The monoisotopic (exact) mass is 447 g/mol. The van der Waals surface area contributed by atoms with E-state index in [2.05, 4.69) is 34.5 Å². The van der Waals surface area contributed by atoms with E-state index in [0.29, 0.717) is 23.2 Å². The molecule has 6 nitrogen and oxygen atoms in total. The average Bonchev–Trinajstić information content (AvgIpc) is 3.13. The van der Waals surface area contributed by atoms with Gasteiger partial charge in [0.25, 0.3) is 0 Å². The number of ether oxygens (including phenoxy) is 2. The van der Waals surface area contributed by atoms with Gasteiger partial charge in [-0.2, -0.15) is 5.10 Å². The molecule has 32 heavy (non-hydrogen) atoms. The Morgan fingerprint density at radius 2 is 1.88 bits per heavy atom. The molecule has 1 aliphatic heterocycles. The van der Waals surface area contributed by atoms with Crippen molar-refractivity contribution in [3.05, 3.63) is 71.8 Å². The predicted molar refractivity (Wildman–Crippen MR) is 131 cm³/mol. The number of rotatable bonds is 7. The Bertz CT molecular complexity index is 1190. The van der Waals surface area contributed by atoms with Crippen LogP contribution < -0.4 is 9.47 Å². The topological polar surface area (TPSA) is 63.5 Å². The third-order valence-corrected chi connectivity index (χ3v) is 6.71. The first-order valence-electron chi connectivity index (χ1n) is 10.4. The van der Waals surface area contributed by atoms with Crippen LogP contribution in [0.15, 0.2) is 70.9 Å². The van der Waals surface area contributed by atoms with Gasteiger partial charge in [-0.3, -0.25) is 9.69 Å². The first kappa shape index (κ1) is 21.9. The summed E-state index contributed by atoms with van der Waals surface area (Å²) in [5.74, 6) is 1.42. The molecule has 0 aromatic heterocycles. The predicted octanol–water partition coefficient (Wildman–Crippen LogP) is 5.10. The summed E-state index contributed by atoms with van der Waals surface area (Å²) in [5, 5.41) is 11.4. The molecule has 0 radical (unpaired) electrons. The van der Waals surface area contributed by atoms with Gasteiger partial charge in [0.2, 0.25) is 5.91 Å². The van der Waals surface area contributed by atoms with Crippen molar-refractivity contribution in [2.45, 2.75) is 25.1 Å². The van der Waals surface area contributed by atoms with E-state index >= 15 is 0 Å². The molecule has 0 N–H and O–H groups in total. The van der Waals surface area contributed by atoms with E-state index in [1.807, 2.05) is 37.3 Å². The number of methoxy groups -OCH3 is 2. The largest absolute Gasteiger partial charge is 0.497 e. The normalized spacial score (nSPS) is 17.6. The maximum Gasteiger partial charge on any atom is 0.242 e. The molecule has 3 aromatic carbocycles. The van der Waals surface area contributed by atoms with Crippen LogP contribution in [0.25, 0.3) is 10.8 Å². The van der Waals surface area contributed by atoms with Gasteiger partial charge in [0, 0.05) is 11.6 Å². The van der Waals surface area contributed by atoms with E-state index in [-0.39, 0.29) is 11.2 Å². The van der Waals surface area contributed by atoms with Gasteiger partial charge in [-0.1, -0.05) is 61.2 Å². The maximum absolute atomic E-state index is 13.0. The number of carbonyl (C=O) groups excluding carboxylic acids is 1. The second-order valence-electron chi connectivity index (χ2n) is 7.31. The van der Waals surface area contributed by atoms with Gasteiger partial charge in [-0.25, -0.2) is 0 Å². The van der Waals surface area contributed by atoms with Crippen LogP contribution in [0.1, 0.15) is 24.5 Å². The molecule has 1 atom stereocenters. The van der Waals surface area contributed by atoms with Crippen molar-refractivity contribution in [3.8, 4) is 11.5 Å². The molecule has 164 valence electrons. The Labute approximate surface area is 191 Å². The van der Waals surface area contributed by atoms with E-state index in [4.69, 9.17) is 9.47 Å². The summed E-state index contributed by atoms with van der Waals surface area (Å²) in [6, 6.07) is 19.8. The zero-order valence-electron chi connectivity index (χ0n) is 18.3. The summed E-state index contributed by atoms with van der Waals surface area (Å²) in [6.07, 6.45) is 2.37. The van der Waals surface area contributed by atoms with Crippen LogP contribution in [-0.4, -0.2) is 41.7 Å². The first-order valence-corrected chi connectivity index (χ1v) is 11.3. The number of benzene rings is 3. The minimum absolute atomic E-state index is 0.0708. The number of hydrogen-bond acceptors (Lipinski definition) is 6. The van der Waals surface area contributed by atoms with Crippen molar-refractivity contribution in [2.75, 3.05) is 14.2 Å². The summed E-state index contributed by atoms with van der Waals surface area (Å²) in [6.45, 7) is 2.48. The first-order chi connectivity index (χ1) is 15.6. The van der Waals surface area contributed by atoms with Crippen LogP contribution in [-0.2, 0) is 11.3 Å². The van der Waals surface area contributed by atoms with Crippen LogP contribution in [0.3, 0.4) is 0 Å². The Kier molecular flexibility index (Phi) is 6.75. The van der Waals surface area contributed by atoms with Gasteiger partial charge in [-0.05, 0) is 34.9 Å². The highest BCUT2D eigenvalue weighted by Crippen LogP contribution is 2.32. The molecular formula is C25H25N3O3S. The Morgan fingerprint density at radius 3 is 2.66 bits per heavy atom. The molecule has 0 unspecified atom stereocenters. The molecular weight excluding hydrogens is 422 g/mol. The van der Waals surface area contributed by atoms with E-state index in [1.54, 1.807) is 31.4 Å². The minimum Gasteiger partial charge on any atom is -0.497 e. The van der Waals surface area contributed by atoms with Crippen LogP contribution >= 0.6 is 11.8 Å². The van der Waals surface area contributed by atoms with Crippen LogP contribution in [0.5, 0.6) is 11.5 Å². The van der Waals surface area contributed by atoms with Crippen molar-refractivity contribution in [1.29, 1.82) is 0 Å². The molecule has 1 saturated heterocycles. The van der Waals surface area contributed by atoms with Crippen molar-refractivity contribution in [2.24, 2.45) is 10.2 Å². The van der Waals surface area contributed by atoms with Crippen LogP contribution in [0, 0.1) is 0 Å². The van der Waals surface area contributed by atoms with Gasteiger partial charge in [-0.15, -0.1) is 5.10 Å². The molecule has 3 aromatic rings. The second-order valence-corrected chi connectivity index (χ2v) is 8.48. The fraction of sp³-hybridized carbons (Fsp3) is 0.240. The SMILES string of the molecule is CC[C@H]1S/C(=N/N=C\c2ccc(OC)cc2OC)N(Cc2cccc3ccccc23)C1=O. The lowest BCUT2D eigenvalue weighted by molar-refractivity contribution is -0.126. The lowest BCUT2D eigenvalue weighted by Crippen LogP contribution is -2.31. The third-order valence-electron chi connectivity index (χ3n) is 5.38. The highest BCUT2D eigenvalue weighted by molar-refractivity contribution is 8.15. The van der Waals surface area contributed by atoms with Crippen molar-refractivity contribution >= 4 is 39.8 Å². The zero-order valence-corrected chi connectivity index (χ0v) is 19.1. The molecule has 1 heterocycles. The summed E-state index contributed by atoms with van der Waals surface area (Å²) in [4.78, 5) is 14.8. The average molecular weight is 448 g/mol. The third kappa shape index (κ3) is 4.48. The van der Waals surface area contributed by atoms with Gasteiger partial charge in [0.05, 0.1) is 32.2 Å². The quantitative estimate of drug-likeness (QED) is 0.373. The fourth-order valence-corrected chi connectivity index (χ4v) is 4.68. The van der Waals surface area contributed by atoms with E-state index in [1.165, 1.54) is 11.8 Å². The Hall–Kier alpha value is -3.32. The maximum atomic E-state index is 13.0. The Balaban J connectivity index is 1.62. The summed E-state index contributed by atoms with van der Waals surface area (Å²) >= 11 is 1.46. The minimum atomic E-state index is -0.144. The van der Waals surface area contributed by atoms with Gasteiger partial charge < -0.3 is 9.47 Å². The van der Waals surface area contributed by atoms with Crippen LogP contribution in [0.4, 0.5) is 0 Å². The molecule has 0 saturated carbocycles. The summed E-state index contributed by atoms with van der Waals surface area (Å²) in [5.41, 5.74) is 1.86. The van der Waals surface area contributed by atoms with E-state index < -0.39 is 0 Å². The highest BCUT2D eigenvalue weighted by Gasteiger charge is 2.37. The molecule has 1 aliphatic rings. The molecule has 1 amide bonds. The van der Waals surface area contributed by atoms with Gasteiger partial charge in [0.1, 0.15) is 11.5 Å². The summed E-state index contributed by atoms with van der Waals surface area (Å²) in [7, 11) is 3.21. The van der Waals surface area contributed by atoms with E-state index in [0.717, 1.165) is 28.3 Å². The number of hydrogen-bond donors (Lipinski definition) is 0. The molecule has 0 bridgehead atoms. The van der Waals surface area contributed by atoms with Crippen molar-refractivity contribution in [1.82, 2.24) is 4.90 Å². The molecule has 7 heteroatoms. The lowest BCUT2D eigenvalue weighted by atomic mass is 10.0. The molecule has 4 rings (SSSR count). The van der Waals surface area contributed by atoms with Crippen molar-refractivity contribution < 1.29 is 14.3 Å². The number of amidine groups is 1. The summed E-state index contributed by atoms with van der Waals surface area (Å²) < 4.78 is 10.6. The smallest absolute Gasteiger partial charge is 0.242 e. The van der Waals surface area contributed by atoms with E-state index in [9.17, 15) is 4.79 Å².